The summed E-state index contributed by atoms with van der Waals surface area (Å²) in [6, 6.07) is 10.9. The van der Waals surface area contributed by atoms with Gasteiger partial charge in [0.2, 0.25) is 0 Å². The van der Waals surface area contributed by atoms with Gasteiger partial charge in [-0.1, -0.05) is 35.7 Å². The monoisotopic (exact) mass is 500 g/mol. The molecular weight excluding hydrogens is 479 g/mol. The van der Waals surface area contributed by atoms with Gasteiger partial charge in [-0.2, -0.15) is 0 Å². The first-order chi connectivity index (χ1) is 16.0. The van der Waals surface area contributed by atoms with Gasteiger partial charge in [0.15, 0.2) is 11.5 Å². The van der Waals surface area contributed by atoms with E-state index < -0.39 is 0 Å². The number of rotatable bonds is 5. The molecule has 170 valence electrons. The van der Waals surface area contributed by atoms with E-state index in [4.69, 9.17) is 37.7 Å². The van der Waals surface area contributed by atoms with Crippen LogP contribution in [0, 0.1) is 0 Å². The van der Waals surface area contributed by atoms with Gasteiger partial charge >= 0.3 is 0 Å². The van der Waals surface area contributed by atoms with Crippen LogP contribution >= 0.6 is 34.5 Å². The van der Waals surface area contributed by atoms with Crippen LogP contribution in [-0.4, -0.2) is 17.1 Å². The quantitative estimate of drug-likeness (QED) is 0.305. The van der Waals surface area contributed by atoms with Crippen LogP contribution in [0.15, 0.2) is 41.2 Å². The Morgan fingerprint density at radius 3 is 2.70 bits per heavy atom. The number of hydrogen-bond acceptors (Lipinski definition) is 5. The summed E-state index contributed by atoms with van der Waals surface area (Å²) < 4.78 is 11.5. The number of hydrogen-bond donors (Lipinski definition) is 1. The lowest BCUT2D eigenvalue weighted by Gasteiger charge is -2.12. The summed E-state index contributed by atoms with van der Waals surface area (Å²) in [5.74, 6) is 1.66. The zero-order valence-electron chi connectivity index (χ0n) is 18.0. The number of nitrogens with one attached hydrogen (secondary N) is 1. The second-order valence-electron chi connectivity index (χ2n) is 8.06. The van der Waals surface area contributed by atoms with Gasteiger partial charge in [-0.05, 0) is 67.1 Å². The van der Waals surface area contributed by atoms with Crippen molar-refractivity contribution >= 4 is 44.8 Å². The molecule has 0 atom stereocenters. The summed E-state index contributed by atoms with van der Waals surface area (Å²) >= 11 is 13.7. The fourth-order valence-electron chi connectivity index (χ4n) is 4.20. The van der Waals surface area contributed by atoms with E-state index in [0.29, 0.717) is 34.0 Å². The molecule has 2 heterocycles. The fraction of sp³-hybridized carbons (Fsp3) is 0.280. The highest BCUT2D eigenvalue weighted by Crippen LogP contribution is 2.35. The molecule has 0 radical (unpaired) electrons. The number of methoxy groups -OCH3 is 1. The zero-order chi connectivity index (χ0) is 22.9. The molecule has 0 spiro atoms. The van der Waals surface area contributed by atoms with Gasteiger partial charge in [-0.3, -0.25) is 4.79 Å². The first-order valence-electron chi connectivity index (χ1n) is 10.8. The number of ether oxygens (including phenoxy) is 2. The molecule has 2 aromatic carbocycles. The van der Waals surface area contributed by atoms with E-state index in [1.165, 1.54) is 23.3 Å². The molecular formula is C25H22Cl2N2O3S. The summed E-state index contributed by atoms with van der Waals surface area (Å²) in [7, 11) is 1.58. The van der Waals surface area contributed by atoms with Crippen LogP contribution in [0.5, 0.6) is 11.5 Å². The number of fused-ring (bicyclic) bond motifs is 3. The van der Waals surface area contributed by atoms with E-state index in [-0.39, 0.29) is 5.56 Å². The molecule has 0 saturated carbocycles. The number of H-pyrrole nitrogens is 1. The SMILES string of the molecule is COc1cc(-c2nc3sc4c(c3c(=O)[nH]2)CCCCC4)ccc1OCc1ccc(Cl)c(Cl)c1. The summed E-state index contributed by atoms with van der Waals surface area (Å²) in [5.41, 5.74) is 2.77. The molecule has 1 aliphatic carbocycles. The topological polar surface area (TPSA) is 64.2 Å². The minimum absolute atomic E-state index is 0.0756. The maximum Gasteiger partial charge on any atom is 0.260 e. The largest absolute Gasteiger partial charge is 0.493 e. The highest BCUT2D eigenvalue weighted by atomic mass is 35.5. The molecule has 0 unspecified atom stereocenters. The molecule has 0 saturated heterocycles. The standard InChI is InChI=1S/C25H22Cl2N2O3S/c1-31-20-12-15(8-10-19(20)32-13-14-7-9-17(26)18(27)11-14)23-28-24(30)22-16-5-3-2-4-6-21(16)33-25(22)29-23/h7-12H,2-6,13H2,1H3,(H,28,29,30). The lowest BCUT2D eigenvalue weighted by molar-refractivity contribution is 0.284. The Morgan fingerprint density at radius 2 is 1.88 bits per heavy atom. The maximum atomic E-state index is 13.0. The van der Waals surface area contributed by atoms with Crippen LogP contribution in [-0.2, 0) is 19.4 Å². The van der Waals surface area contributed by atoms with Gasteiger partial charge in [-0.25, -0.2) is 4.98 Å². The smallest absolute Gasteiger partial charge is 0.260 e. The van der Waals surface area contributed by atoms with E-state index in [2.05, 4.69) is 4.98 Å². The van der Waals surface area contributed by atoms with Crippen molar-refractivity contribution in [2.24, 2.45) is 0 Å². The lowest BCUT2D eigenvalue weighted by atomic mass is 10.1. The van der Waals surface area contributed by atoms with E-state index in [1.54, 1.807) is 30.6 Å². The third kappa shape index (κ3) is 4.47. The molecule has 33 heavy (non-hydrogen) atoms. The van der Waals surface area contributed by atoms with Crippen molar-refractivity contribution in [3.05, 3.63) is 72.8 Å². The number of benzene rings is 2. The molecule has 0 amide bonds. The minimum atomic E-state index is -0.0756. The molecule has 1 N–H and O–H groups in total. The summed E-state index contributed by atoms with van der Waals surface area (Å²) in [6.45, 7) is 0.314. The summed E-state index contributed by atoms with van der Waals surface area (Å²) in [4.78, 5) is 22.9. The maximum absolute atomic E-state index is 13.0. The van der Waals surface area contributed by atoms with Crippen LogP contribution < -0.4 is 15.0 Å². The molecule has 0 fully saturated rings. The second-order valence-corrected chi connectivity index (χ2v) is 9.96. The normalized spacial score (nSPS) is 13.5. The molecule has 5 rings (SSSR count). The first kappa shape index (κ1) is 22.3. The molecule has 8 heteroatoms. The highest BCUT2D eigenvalue weighted by Gasteiger charge is 2.19. The summed E-state index contributed by atoms with van der Waals surface area (Å²) in [6.07, 6.45) is 5.50. The Hall–Kier alpha value is -2.54. The van der Waals surface area contributed by atoms with E-state index in [1.807, 2.05) is 24.3 Å². The number of aromatic amines is 1. The molecule has 5 nitrogen and oxygen atoms in total. The van der Waals surface area contributed by atoms with Crippen molar-refractivity contribution in [2.75, 3.05) is 7.11 Å². The fourth-order valence-corrected chi connectivity index (χ4v) is 5.78. The first-order valence-corrected chi connectivity index (χ1v) is 12.4. The molecule has 1 aliphatic rings. The third-order valence-corrected chi connectivity index (χ3v) is 7.82. The van der Waals surface area contributed by atoms with Crippen molar-refractivity contribution in [1.29, 1.82) is 0 Å². The van der Waals surface area contributed by atoms with Crippen LogP contribution in [0.2, 0.25) is 10.0 Å². The minimum Gasteiger partial charge on any atom is -0.493 e. The van der Waals surface area contributed by atoms with Crippen molar-refractivity contribution in [3.63, 3.8) is 0 Å². The van der Waals surface area contributed by atoms with Gasteiger partial charge in [0.1, 0.15) is 17.3 Å². The van der Waals surface area contributed by atoms with Gasteiger partial charge < -0.3 is 14.5 Å². The number of thiophene rings is 1. The van der Waals surface area contributed by atoms with Crippen molar-refractivity contribution < 1.29 is 9.47 Å². The number of nitrogens with zero attached hydrogens (tertiary/aromatic N) is 1. The number of halogens is 2. The lowest BCUT2D eigenvalue weighted by Crippen LogP contribution is -2.10. The highest BCUT2D eigenvalue weighted by molar-refractivity contribution is 7.18. The average molecular weight is 501 g/mol. The van der Waals surface area contributed by atoms with E-state index in [0.717, 1.165) is 40.6 Å². The predicted octanol–water partition coefficient (Wildman–Crippen LogP) is 6.81. The second kappa shape index (κ2) is 9.37. The predicted molar refractivity (Wildman–Crippen MR) is 134 cm³/mol. The Labute approximate surface area is 205 Å². The van der Waals surface area contributed by atoms with Crippen LogP contribution in [0.1, 0.15) is 35.3 Å². The Bertz CT molecular complexity index is 1400. The third-order valence-electron chi connectivity index (χ3n) is 5.89. The number of aryl methyl sites for hydroxylation is 2. The Balaban J connectivity index is 1.44. The van der Waals surface area contributed by atoms with Crippen LogP contribution in [0.4, 0.5) is 0 Å². The molecule has 0 bridgehead atoms. The molecule has 0 aliphatic heterocycles. The van der Waals surface area contributed by atoms with E-state index in [9.17, 15) is 4.79 Å². The van der Waals surface area contributed by atoms with Crippen molar-refractivity contribution in [2.45, 2.75) is 38.7 Å². The molecule has 2 aromatic heterocycles. The van der Waals surface area contributed by atoms with Crippen molar-refractivity contribution in [1.82, 2.24) is 9.97 Å². The average Bonchev–Trinajstić information content (AvgIpc) is 3.01. The number of aromatic nitrogens is 2. The van der Waals surface area contributed by atoms with Crippen molar-refractivity contribution in [3.8, 4) is 22.9 Å². The van der Waals surface area contributed by atoms with Gasteiger partial charge in [0.05, 0.1) is 22.5 Å². The zero-order valence-corrected chi connectivity index (χ0v) is 20.4. The van der Waals surface area contributed by atoms with E-state index >= 15 is 0 Å². The van der Waals surface area contributed by atoms with Crippen LogP contribution in [0.25, 0.3) is 21.6 Å². The van der Waals surface area contributed by atoms with Gasteiger partial charge in [0, 0.05) is 10.4 Å². The van der Waals surface area contributed by atoms with Gasteiger partial charge in [0.25, 0.3) is 5.56 Å². The van der Waals surface area contributed by atoms with Crippen LogP contribution in [0.3, 0.4) is 0 Å². The Kier molecular flexibility index (Phi) is 6.32. The summed E-state index contributed by atoms with van der Waals surface area (Å²) in [5, 5.41) is 1.74. The van der Waals surface area contributed by atoms with Gasteiger partial charge in [-0.15, -0.1) is 11.3 Å². The Morgan fingerprint density at radius 1 is 1.03 bits per heavy atom. The molecule has 4 aromatic rings.